The van der Waals surface area contributed by atoms with Crippen LogP contribution in [0.15, 0.2) is 6.20 Å². The summed E-state index contributed by atoms with van der Waals surface area (Å²) in [7, 11) is 0. The Morgan fingerprint density at radius 2 is 2.00 bits per heavy atom. The molecule has 0 aliphatic heterocycles. The van der Waals surface area contributed by atoms with Crippen LogP contribution in [-0.2, 0) is 12.7 Å². The van der Waals surface area contributed by atoms with Gasteiger partial charge in [-0.2, -0.15) is 18.4 Å². The summed E-state index contributed by atoms with van der Waals surface area (Å²) in [6, 6.07) is 1.13. The molecule has 0 bridgehead atoms. The zero-order valence-electron chi connectivity index (χ0n) is 8.22. The molecular formula is C9H6F5N3. The zero-order valence-corrected chi connectivity index (χ0v) is 8.22. The lowest BCUT2D eigenvalue weighted by atomic mass is 10.0. The van der Waals surface area contributed by atoms with Gasteiger partial charge in [0.25, 0.3) is 6.43 Å². The number of rotatable bonds is 2. The van der Waals surface area contributed by atoms with Gasteiger partial charge in [0.1, 0.15) is 6.07 Å². The van der Waals surface area contributed by atoms with Gasteiger partial charge in [-0.15, -0.1) is 0 Å². The highest BCUT2D eigenvalue weighted by Crippen LogP contribution is 2.37. The Labute approximate surface area is 92.7 Å². The number of hydrogen-bond donors (Lipinski definition) is 1. The van der Waals surface area contributed by atoms with Crippen LogP contribution in [-0.4, -0.2) is 4.98 Å². The SMILES string of the molecule is N#Cc1c(C(F)F)cnc(CN)c1C(F)(F)F. The fourth-order valence-electron chi connectivity index (χ4n) is 1.31. The normalized spacial score (nSPS) is 11.6. The van der Waals surface area contributed by atoms with Crippen molar-refractivity contribution in [1.82, 2.24) is 4.98 Å². The summed E-state index contributed by atoms with van der Waals surface area (Å²) in [5.74, 6) is 0. The standard InChI is InChI=1S/C9H6F5N3/c10-8(11)5-3-17-6(2-16)7(4(5)1-15)9(12,13)14/h3,8H,2,16H2. The van der Waals surface area contributed by atoms with E-state index < -0.39 is 41.5 Å². The third kappa shape index (κ3) is 2.50. The van der Waals surface area contributed by atoms with E-state index in [4.69, 9.17) is 11.0 Å². The lowest BCUT2D eigenvalue weighted by Crippen LogP contribution is -2.17. The molecule has 1 aromatic rings. The molecule has 0 atom stereocenters. The largest absolute Gasteiger partial charge is 0.419 e. The van der Waals surface area contributed by atoms with Gasteiger partial charge in [-0.05, 0) is 0 Å². The molecule has 0 aliphatic carbocycles. The Kier molecular flexibility index (Phi) is 3.63. The van der Waals surface area contributed by atoms with Crippen molar-refractivity contribution in [1.29, 1.82) is 5.26 Å². The summed E-state index contributed by atoms with van der Waals surface area (Å²) in [4.78, 5) is 3.22. The maximum absolute atomic E-state index is 12.6. The minimum Gasteiger partial charge on any atom is -0.325 e. The Hall–Kier alpha value is -1.75. The lowest BCUT2D eigenvalue weighted by molar-refractivity contribution is -0.138. The second kappa shape index (κ2) is 4.63. The molecule has 0 fully saturated rings. The van der Waals surface area contributed by atoms with Crippen molar-refractivity contribution in [3.8, 4) is 6.07 Å². The molecule has 92 valence electrons. The first-order valence-electron chi connectivity index (χ1n) is 4.30. The number of nitriles is 1. The molecule has 2 N–H and O–H groups in total. The van der Waals surface area contributed by atoms with Crippen molar-refractivity contribution in [2.75, 3.05) is 0 Å². The van der Waals surface area contributed by atoms with E-state index in [1.165, 1.54) is 0 Å². The van der Waals surface area contributed by atoms with Crippen LogP contribution < -0.4 is 5.73 Å². The molecule has 0 unspecified atom stereocenters. The van der Waals surface area contributed by atoms with Gasteiger partial charge in [-0.25, -0.2) is 8.78 Å². The van der Waals surface area contributed by atoms with Crippen molar-refractivity contribution in [2.24, 2.45) is 5.73 Å². The van der Waals surface area contributed by atoms with Gasteiger partial charge in [0.05, 0.1) is 22.4 Å². The van der Waals surface area contributed by atoms with Crippen LogP contribution in [0.2, 0.25) is 0 Å². The highest BCUT2D eigenvalue weighted by Gasteiger charge is 2.39. The number of aromatic nitrogens is 1. The summed E-state index contributed by atoms with van der Waals surface area (Å²) >= 11 is 0. The van der Waals surface area contributed by atoms with E-state index in [2.05, 4.69) is 4.98 Å². The third-order valence-electron chi connectivity index (χ3n) is 2.01. The van der Waals surface area contributed by atoms with Crippen LogP contribution >= 0.6 is 0 Å². The number of pyridine rings is 1. The topological polar surface area (TPSA) is 62.7 Å². The van der Waals surface area contributed by atoms with Gasteiger partial charge in [0.15, 0.2) is 0 Å². The van der Waals surface area contributed by atoms with Crippen LogP contribution in [0.5, 0.6) is 0 Å². The van der Waals surface area contributed by atoms with Crippen LogP contribution in [0, 0.1) is 11.3 Å². The first-order chi connectivity index (χ1) is 7.82. The lowest BCUT2D eigenvalue weighted by Gasteiger charge is -2.14. The molecule has 1 heterocycles. The molecule has 1 aromatic heterocycles. The Morgan fingerprint density at radius 1 is 1.41 bits per heavy atom. The fourth-order valence-corrected chi connectivity index (χ4v) is 1.31. The summed E-state index contributed by atoms with van der Waals surface area (Å²) in [5.41, 5.74) is 0.759. The van der Waals surface area contributed by atoms with Crippen molar-refractivity contribution < 1.29 is 22.0 Å². The molecule has 1 rings (SSSR count). The summed E-state index contributed by atoms with van der Waals surface area (Å²) in [6.45, 7) is -0.590. The first kappa shape index (κ1) is 13.3. The van der Waals surface area contributed by atoms with Crippen molar-refractivity contribution >= 4 is 0 Å². The highest BCUT2D eigenvalue weighted by atomic mass is 19.4. The number of nitrogens with two attached hydrogens (primary N) is 1. The summed E-state index contributed by atoms with van der Waals surface area (Å²) < 4.78 is 62.8. The minimum atomic E-state index is -4.95. The Bertz CT molecular complexity index is 461. The molecule has 17 heavy (non-hydrogen) atoms. The van der Waals surface area contributed by atoms with Crippen LogP contribution in [0.3, 0.4) is 0 Å². The van der Waals surface area contributed by atoms with E-state index in [0.717, 1.165) is 6.07 Å². The number of alkyl halides is 5. The molecule has 0 spiro atoms. The van der Waals surface area contributed by atoms with E-state index in [0.29, 0.717) is 6.20 Å². The number of halogens is 5. The third-order valence-corrected chi connectivity index (χ3v) is 2.01. The van der Waals surface area contributed by atoms with Crippen molar-refractivity contribution in [3.63, 3.8) is 0 Å². The predicted octanol–water partition coefficient (Wildman–Crippen LogP) is 2.37. The van der Waals surface area contributed by atoms with Gasteiger partial charge in [0, 0.05) is 12.7 Å². The molecule has 8 heteroatoms. The van der Waals surface area contributed by atoms with Gasteiger partial charge in [-0.1, -0.05) is 0 Å². The number of hydrogen-bond acceptors (Lipinski definition) is 3. The van der Waals surface area contributed by atoms with E-state index in [1.54, 1.807) is 0 Å². The van der Waals surface area contributed by atoms with Gasteiger partial charge in [-0.3, -0.25) is 4.98 Å². The molecule has 0 aliphatic rings. The first-order valence-corrected chi connectivity index (χ1v) is 4.30. The average molecular weight is 251 g/mol. The predicted molar refractivity (Wildman–Crippen MR) is 46.8 cm³/mol. The Balaban J connectivity index is 3.63. The summed E-state index contributed by atoms with van der Waals surface area (Å²) in [6.07, 6.45) is -7.61. The average Bonchev–Trinajstić information content (AvgIpc) is 2.25. The van der Waals surface area contributed by atoms with E-state index in [-0.39, 0.29) is 0 Å². The monoisotopic (exact) mass is 251 g/mol. The van der Waals surface area contributed by atoms with Crippen LogP contribution in [0.25, 0.3) is 0 Å². The molecule has 0 aromatic carbocycles. The molecular weight excluding hydrogens is 245 g/mol. The van der Waals surface area contributed by atoms with E-state index in [9.17, 15) is 22.0 Å². The number of nitrogens with zero attached hydrogens (tertiary/aromatic N) is 2. The zero-order chi connectivity index (χ0) is 13.2. The quantitative estimate of drug-likeness (QED) is 0.820. The van der Waals surface area contributed by atoms with E-state index >= 15 is 0 Å². The smallest absolute Gasteiger partial charge is 0.325 e. The van der Waals surface area contributed by atoms with Gasteiger partial charge < -0.3 is 5.73 Å². The molecule has 0 amide bonds. The van der Waals surface area contributed by atoms with E-state index in [1.807, 2.05) is 0 Å². The van der Waals surface area contributed by atoms with Gasteiger partial charge >= 0.3 is 6.18 Å². The maximum atomic E-state index is 12.6. The molecule has 0 radical (unpaired) electrons. The van der Waals surface area contributed by atoms with Crippen LogP contribution in [0.1, 0.15) is 28.8 Å². The second-order valence-corrected chi connectivity index (χ2v) is 3.02. The van der Waals surface area contributed by atoms with Crippen molar-refractivity contribution in [3.05, 3.63) is 28.6 Å². The molecule has 0 saturated heterocycles. The van der Waals surface area contributed by atoms with Crippen LogP contribution in [0.4, 0.5) is 22.0 Å². The van der Waals surface area contributed by atoms with Gasteiger partial charge in [0.2, 0.25) is 0 Å². The highest BCUT2D eigenvalue weighted by molar-refractivity contribution is 5.47. The summed E-state index contributed by atoms with van der Waals surface area (Å²) in [5, 5.41) is 8.58. The minimum absolute atomic E-state index is 0.542. The van der Waals surface area contributed by atoms with Crippen molar-refractivity contribution in [2.45, 2.75) is 19.1 Å². The maximum Gasteiger partial charge on any atom is 0.419 e. The second-order valence-electron chi connectivity index (χ2n) is 3.02. The molecule has 0 saturated carbocycles. The Morgan fingerprint density at radius 3 is 2.35 bits per heavy atom. The fraction of sp³-hybridized carbons (Fsp3) is 0.333. The molecule has 3 nitrogen and oxygen atoms in total.